The largest absolute Gasteiger partial charge is 0.444 e. The second-order valence-electron chi connectivity index (χ2n) is 5.02. The van der Waals surface area contributed by atoms with Gasteiger partial charge in [-0.25, -0.2) is 4.79 Å². The van der Waals surface area contributed by atoms with E-state index in [4.69, 9.17) is 10.00 Å². The minimum absolute atomic E-state index is 0.243. The molecule has 5 nitrogen and oxygen atoms in total. The predicted octanol–water partition coefficient (Wildman–Crippen LogP) is 1.13. The van der Waals surface area contributed by atoms with E-state index in [1.807, 2.05) is 6.07 Å². The van der Waals surface area contributed by atoms with Crippen LogP contribution in [0.25, 0.3) is 0 Å². The molecule has 1 aliphatic heterocycles. The van der Waals surface area contributed by atoms with Gasteiger partial charge in [-0.3, -0.25) is 0 Å². The Morgan fingerprint density at radius 2 is 2.19 bits per heavy atom. The van der Waals surface area contributed by atoms with Gasteiger partial charge in [-0.15, -0.1) is 0 Å². The van der Waals surface area contributed by atoms with Crippen molar-refractivity contribution in [2.75, 3.05) is 13.1 Å². The molecule has 0 saturated carbocycles. The number of piperidine rings is 1. The Balaban J connectivity index is 2.56. The Bertz CT molecular complexity index is 303. The van der Waals surface area contributed by atoms with Gasteiger partial charge >= 0.3 is 6.09 Å². The monoisotopic (exact) mass is 226 g/mol. The van der Waals surface area contributed by atoms with Crippen LogP contribution < -0.4 is 0 Å². The first-order valence-corrected chi connectivity index (χ1v) is 5.39. The summed E-state index contributed by atoms with van der Waals surface area (Å²) in [6.07, 6.45) is -0.624. The molecule has 1 saturated heterocycles. The van der Waals surface area contributed by atoms with Crippen molar-refractivity contribution >= 4 is 6.09 Å². The highest BCUT2D eigenvalue weighted by Gasteiger charge is 2.32. The van der Waals surface area contributed by atoms with E-state index >= 15 is 0 Å². The predicted molar refractivity (Wildman–Crippen MR) is 57.5 cm³/mol. The molecule has 0 radical (unpaired) electrons. The smallest absolute Gasteiger partial charge is 0.410 e. The summed E-state index contributed by atoms with van der Waals surface area (Å²) in [7, 11) is 0. The Morgan fingerprint density at radius 3 is 2.69 bits per heavy atom. The Morgan fingerprint density at radius 1 is 1.56 bits per heavy atom. The van der Waals surface area contributed by atoms with Crippen LogP contribution >= 0.6 is 0 Å². The molecule has 0 aliphatic carbocycles. The van der Waals surface area contributed by atoms with Crippen LogP contribution in [-0.2, 0) is 4.74 Å². The van der Waals surface area contributed by atoms with Crippen LogP contribution in [0.1, 0.15) is 27.2 Å². The number of ether oxygens (including phenoxy) is 1. The number of aliphatic hydroxyl groups is 1. The maximum absolute atomic E-state index is 11.7. The van der Waals surface area contributed by atoms with Crippen LogP contribution in [0.3, 0.4) is 0 Å². The van der Waals surface area contributed by atoms with Crippen molar-refractivity contribution in [2.24, 2.45) is 5.92 Å². The maximum atomic E-state index is 11.7. The van der Waals surface area contributed by atoms with Gasteiger partial charge in [-0.05, 0) is 27.2 Å². The zero-order chi connectivity index (χ0) is 12.3. The standard InChI is InChI=1S/C11H18N2O3/c1-11(2,3)16-10(15)13-5-4-9(14)8(6-12)7-13/h8-9,14H,4-5,7H2,1-3H3. The van der Waals surface area contributed by atoms with Crippen molar-refractivity contribution in [3.63, 3.8) is 0 Å². The minimum Gasteiger partial charge on any atom is -0.444 e. The molecule has 1 N–H and O–H groups in total. The number of hydrogen-bond donors (Lipinski definition) is 1. The zero-order valence-corrected chi connectivity index (χ0v) is 9.93. The molecule has 1 fully saturated rings. The number of likely N-dealkylation sites (tertiary alicyclic amines) is 1. The average Bonchev–Trinajstić information content (AvgIpc) is 2.15. The molecule has 1 amide bonds. The fourth-order valence-electron chi connectivity index (χ4n) is 1.56. The van der Waals surface area contributed by atoms with Crippen molar-refractivity contribution in [1.29, 1.82) is 5.26 Å². The molecule has 1 rings (SSSR count). The Kier molecular flexibility index (Phi) is 3.76. The summed E-state index contributed by atoms with van der Waals surface area (Å²) in [6.45, 7) is 6.07. The van der Waals surface area contributed by atoms with E-state index in [2.05, 4.69) is 0 Å². The fourth-order valence-corrected chi connectivity index (χ4v) is 1.56. The number of rotatable bonds is 0. The minimum atomic E-state index is -0.635. The van der Waals surface area contributed by atoms with Crippen LogP contribution in [0.15, 0.2) is 0 Å². The highest BCUT2D eigenvalue weighted by atomic mass is 16.6. The van der Waals surface area contributed by atoms with Gasteiger partial charge in [0.05, 0.1) is 18.1 Å². The molecule has 0 aromatic heterocycles. The first kappa shape index (κ1) is 12.8. The number of amides is 1. The molecule has 90 valence electrons. The third-order valence-electron chi connectivity index (χ3n) is 2.39. The third kappa shape index (κ3) is 3.38. The number of hydrogen-bond acceptors (Lipinski definition) is 4. The number of aliphatic hydroxyl groups excluding tert-OH is 1. The number of carbonyl (C=O) groups is 1. The van der Waals surface area contributed by atoms with Gasteiger partial charge < -0.3 is 14.7 Å². The normalized spacial score (nSPS) is 26.1. The Labute approximate surface area is 95.6 Å². The lowest BCUT2D eigenvalue weighted by Crippen LogP contribution is -2.47. The summed E-state index contributed by atoms with van der Waals surface area (Å²) in [4.78, 5) is 13.2. The van der Waals surface area contributed by atoms with Crippen molar-refractivity contribution in [2.45, 2.75) is 38.9 Å². The van der Waals surface area contributed by atoms with Gasteiger partial charge in [-0.1, -0.05) is 0 Å². The third-order valence-corrected chi connectivity index (χ3v) is 2.39. The first-order chi connectivity index (χ1) is 7.33. The zero-order valence-electron chi connectivity index (χ0n) is 9.93. The van der Waals surface area contributed by atoms with Gasteiger partial charge in [0.1, 0.15) is 5.60 Å². The molecule has 1 heterocycles. The average molecular weight is 226 g/mol. The molecule has 2 atom stereocenters. The summed E-state index contributed by atoms with van der Waals surface area (Å²) in [6, 6.07) is 2.00. The molecule has 0 aromatic rings. The SMILES string of the molecule is CC(C)(C)OC(=O)N1CCC(O)C(C#N)C1. The lowest BCUT2D eigenvalue weighted by molar-refractivity contribution is 0.000842. The number of nitriles is 1. The summed E-state index contributed by atoms with van der Waals surface area (Å²) in [5, 5.41) is 18.3. The molecule has 2 unspecified atom stereocenters. The lowest BCUT2D eigenvalue weighted by atomic mass is 9.96. The number of carbonyl (C=O) groups excluding carboxylic acids is 1. The number of nitrogens with zero attached hydrogens (tertiary/aromatic N) is 2. The highest BCUT2D eigenvalue weighted by molar-refractivity contribution is 5.68. The van der Waals surface area contributed by atoms with Gasteiger partial charge in [0.15, 0.2) is 0 Å². The lowest BCUT2D eigenvalue weighted by Gasteiger charge is -2.34. The summed E-state index contributed by atoms with van der Waals surface area (Å²) >= 11 is 0. The van der Waals surface area contributed by atoms with Crippen molar-refractivity contribution in [3.05, 3.63) is 0 Å². The van der Waals surface area contributed by atoms with Gasteiger partial charge in [0.25, 0.3) is 0 Å². The van der Waals surface area contributed by atoms with E-state index < -0.39 is 23.7 Å². The van der Waals surface area contributed by atoms with Gasteiger partial charge in [0.2, 0.25) is 0 Å². The van der Waals surface area contributed by atoms with Crippen LogP contribution in [0.4, 0.5) is 4.79 Å². The van der Waals surface area contributed by atoms with E-state index in [1.54, 1.807) is 20.8 Å². The molecule has 0 aromatic carbocycles. The quantitative estimate of drug-likeness (QED) is 0.672. The molecular weight excluding hydrogens is 208 g/mol. The first-order valence-electron chi connectivity index (χ1n) is 5.39. The van der Waals surface area contributed by atoms with Crippen LogP contribution in [0, 0.1) is 17.2 Å². The molecular formula is C11H18N2O3. The van der Waals surface area contributed by atoms with Crippen LogP contribution in [0.2, 0.25) is 0 Å². The fraction of sp³-hybridized carbons (Fsp3) is 0.818. The van der Waals surface area contributed by atoms with Crippen molar-refractivity contribution < 1.29 is 14.6 Å². The highest BCUT2D eigenvalue weighted by Crippen LogP contribution is 2.19. The summed E-state index contributed by atoms with van der Waals surface area (Å²) in [5.74, 6) is -0.513. The molecule has 0 spiro atoms. The van der Waals surface area contributed by atoms with Gasteiger partial charge in [-0.2, -0.15) is 5.26 Å². The van der Waals surface area contributed by atoms with E-state index in [-0.39, 0.29) is 6.54 Å². The van der Waals surface area contributed by atoms with Crippen molar-refractivity contribution in [1.82, 2.24) is 4.90 Å². The topological polar surface area (TPSA) is 73.6 Å². The van der Waals surface area contributed by atoms with E-state index in [0.29, 0.717) is 13.0 Å². The summed E-state index contributed by atoms with van der Waals surface area (Å²) < 4.78 is 5.20. The van der Waals surface area contributed by atoms with Crippen molar-refractivity contribution in [3.8, 4) is 6.07 Å². The van der Waals surface area contributed by atoms with E-state index in [1.165, 1.54) is 4.90 Å². The molecule has 16 heavy (non-hydrogen) atoms. The van der Waals surface area contributed by atoms with Crippen LogP contribution in [0.5, 0.6) is 0 Å². The second kappa shape index (κ2) is 4.71. The maximum Gasteiger partial charge on any atom is 0.410 e. The molecule has 0 bridgehead atoms. The summed E-state index contributed by atoms with van der Waals surface area (Å²) in [5.41, 5.74) is -0.532. The van der Waals surface area contributed by atoms with Gasteiger partial charge in [0, 0.05) is 13.1 Å². The van der Waals surface area contributed by atoms with E-state index in [9.17, 15) is 9.90 Å². The molecule has 5 heteroatoms. The Hall–Kier alpha value is -1.28. The molecule has 1 aliphatic rings. The van der Waals surface area contributed by atoms with E-state index in [0.717, 1.165) is 0 Å². The van der Waals surface area contributed by atoms with Crippen LogP contribution in [-0.4, -0.2) is 40.9 Å². The second-order valence-corrected chi connectivity index (χ2v) is 5.02.